The zero-order valence-corrected chi connectivity index (χ0v) is 16.8. The van der Waals surface area contributed by atoms with E-state index in [1.165, 1.54) is 16.0 Å². The third-order valence-corrected chi connectivity index (χ3v) is 6.23. The Hall–Kier alpha value is -2.11. The van der Waals surface area contributed by atoms with E-state index in [1.807, 2.05) is 18.2 Å². The van der Waals surface area contributed by atoms with Gasteiger partial charge in [0, 0.05) is 23.0 Å². The predicted molar refractivity (Wildman–Crippen MR) is 111 cm³/mol. The second-order valence-corrected chi connectivity index (χ2v) is 7.89. The predicted octanol–water partition coefficient (Wildman–Crippen LogP) is 4.83. The smallest absolute Gasteiger partial charge is 0.304 e. The van der Waals surface area contributed by atoms with Gasteiger partial charge in [0.1, 0.15) is 5.75 Å². The van der Waals surface area contributed by atoms with Crippen molar-refractivity contribution in [3.8, 4) is 5.75 Å². The number of carbonyl (C=O) groups is 1. The highest BCUT2D eigenvalue weighted by Gasteiger charge is 2.25. The number of nitrogens with zero attached hydrogens (tertiary/aromatic N) is 1. The van der Waals surface area contributed by atoms with Gasteiger partial charge in [-0.05, 0) is 61.4 Å². The number of benzene rings is 1. The van der Waals surface area contributed by atoms with Crippen LogP contribution in [0.4, 0.5) is 0 Å². The van der Waals surface area contributed by atoms with Gasteiger partial charge in [-0.25, -0.2) is 0 Å². The molecule has 0 unspecified atom stereocenters. The highest BCUT2D eigenvalue weighted by atomic mass is 32.1. The molecule has 1 aliphatic heterocycles. The Balaban J connectivity index is 1.81. The van der Waals surface area contributed by atoms with Crippen molar-refractivity contribution in [1.82, 2.24) is 4.90 Å². The van der Waals surface area contributed by atoms with Gasteiger partial charge in [-0.3, -0.25) is 9.69 Å². The third kappa shape index (κ3) is 4.79. The number of hydrogen-bond donors (Lipinski definition) is 1. The van der Waals surface area contributed by atoms with Crippen LogP contribution >= 0.6 is 11.3 Å². The first-order valence-corrected chi connectivity index (χ1v) is 10.3. The summed E-state index contributed by atoms with van der Waals surface area (Å²) in [5.74, 6) is 0.174. The minimum absolute atomic E-state index is 0.175. The lowest BCUT2D eigenvalue weighted by Crippen LogP contribution is -2.32. The molecule has 2 aromatic rings. The van der Waals surface area contributed by atoms with Gasteiger partial charge in [0.25, 0.3) is 0 Å². The van der Waals surface area contributed by atoms with E-state index in [2.05, 4.69) is 35.4 Å². The lowest BCUT2D eigenvalue weighted by atomic mass is 9.99. The van der Waals surface area contributed by atoms with E-state index in [9.17, 15) is 4.79 Å². The number of hydrogen-bond acceptors (Lipinski definition) is 4. The average Bonchev–Trinajstić information content (AvgIpc) is 3.27. The van der Waals surface area contributed by atoms with Gasteiger partial charge in [0.2, 0.25) is 0 Å². The van der Waals surface area contributed by atoms with Crippen molar-refractivity contribution in [2.24, 2.45) is 0 Å². The largest absolute Gasteiger partial charge is 0.496 e. The number of likely N-dealkylation sites (tertiary alicyclic amines) is 1. The number of ether oxygens (including phenoxy) is 1. The number of aliphatic carboxylic acids is 1. The number of aryl methyl sites for hydroxylation is 1. The standard InChI is InChI=1S/C22H27NO3S/c1-16-11-14-27-22(16)19(18-8-3-4-10-20(18)26-2)9-6-13-23-12-5-7-17(23)15-21(24)25/h3-4,8-11,14,17H,5-7,12-13,15H2,1-2H3,(H,24,25)/t17-/m0/s1. The first-order valence-electron chi connectivity index (χ1n) is 9.44. The molecule has 1 N–H and O–H groups in total. The van der Waals surface area contributed by atoms with Crippen LogP contribution in [0.15, 0.2) is 41.8 Å². The maximum Gasteiger partial charge on any atom is 0.304 e. The summed E-state index contributed by atoms with van der Waals surface area (Å²) in [5, 5.41) is 11.2. The van der Waals surface area contributed by atoms with Crippen molar-refractivity contribution in [2.75, 3.05) is 20.2 Å². The lowest BCUT2D eigenvalue weighted by molar-refractivity contribution is -0.138. The van der Waals surface area contributed by atoms with Crippen LogP contribution in [0, 0.1) is 6.92 Å². The normalized spacial score (nSPS) is 18.0. The van der Waals surface area contributed by atoms with E-state index in [0.717, 1.165) is 43.7 Å². The second-order valence-electron chi connectivity index (χ2n) is 6.97. The van der Waals surface area contributed by atoms with Gasteiger partial charge < -0.3 is 9.84 Å². The van der Waals surface area contributed by atoms with Crippen LogP contribution in [-0.4, -0.2) is 42.2 Å². The van der Waals surface area contributed by atoms with Gasteiger partial charge in [-0.1, -0.05) is 24.3 Å². The van der Waals surface area contributed by atoms with E-state index in [-0.39, 0.29) is 12.5 Å². The van der Waals surface area contributed by atoms with Crippen molar-refractivity contribution in [3.05, 3.63) is 57.8 Å². The fourth-order valence-corrected chi connectivity index (χ4v) is 4.82. The number of rotatable bonds is 8. The number of carboxylic acids is 1. The molecule has 1 aromatic carbocycles. The molecule has 1 atom stereocenters. The van der Waals surface area contributed by atoms with Crippen LogP contribution in [0.3, 0.4) is 0 Å². The van der Waals surface area contributed by atoms with Gasteiger partial charge in [-0.2, -0.15) is 0 Å². The van der Waals surface area contributed by atoms with Gasteiger partial charge in [0.05, 0.1) is 13.5 Å². The summed E-state index contributed by atoms with van der Waals surface area (Å²) in [7, 11) is 1.71. The molecule has 144 valence electrons. The molecule has 0 amide bonds. The summed E-state index contributed by atoms with van der Waals surface area (Å²) in [5.41, 5.74) is 3.57. The topological polar surface area (TPSA) is 49.8 Å². The Kier molecular flexibility index (Phi) is 6.69. The number of para-hydroxylation sites is 1. The molecule has 0 bridgehead atoms. The zero-order valence-electron chi connectivity index (χ0n) is 16.0. The molecule has 1 fully saturated rings. The highest BCUT2D eigenvalue weighted by Crippen LogP contribution is 2.35. The van der Waals surface area contributed by atoms with Crippen molar-refractivity contribution in [3.63, 3.8) is 0 Å². The molecule has 1 aliphatic rings. The fourth-order valence-electron chi connectivity index (χ4n) is 3.84. The van der Waals surface area contributed by atoms with Crippen molar-refractivity contribution in [2.45, 2.75) is 38.6 Å². The Morgan fingerprint density at radius 2 is 2.19 bits per heavy atom. The molecule has 0 aliphatic carbocycles. The molecule has 0 spiro atoms. The molecule has 1 saturated heterocycles. The molecule has 2 heterocycles. The molecule has 1 aromatic heterocycles. The van der Waals surface area contributed by atoms with Crippen molar-refractivity contribution < 1.29 is 14.6 Å². The van der Waals surface area contributed by atoms with Crippen LogP contribution < -0.4 is 4.74 Å². The third-order valence-electron chi connectivity index (χ3n) is 5.18. The molecule has 0 saturated carbocycles. The van der Waals surface area contributed by atoms with Crippen LogP contribution in [-0.2, 0) is 4.79 Å². The highest BCUT2D eigenvalue weighted by molar-refractivity contribution is 7.11. The summed E-state index contributed by atoms with van der Waals surface area (Å²) >= 11 is 1.75. The summed E-state index contributed by atoms with van der Waals surface area (Å²) in [6.45, 7) is 4.02. The van der Waals surface area contributed by atoms with Gasteiger partial charge in [0.15, 0.2) is 0 Å². The average molecular weight is 386 g/mol. The molecule has 3 rings (SSSR count). The van der Waals surface area contributed by atoms with E-state index >= 15 is 0 Å². The lowest BCUT2D eigenvalue weighted by Gasteiger charge is -2.22. The quantitative estimate of drug-likeness (QED) is 0.707. The summed E-state index contributed by atoms with van der Waals surface area (Å²) in [6.07, 6.45) is 5.49. The fraction of sp³-hybridized carbons (Fsp3) is 0.409. The van der Waals surface area contributed by atoms with Crippen LogP contribution in [0.1, 0.15) is 41.7 Å². The summed E-state index contributed by atoms with van der Waals surface area (Å²) in [4.78, 5) is 14.7. The minimum atomic E-state index is -0.702. The Morgan fingerprint density at radius 3 is 2.89 bits per heavy atom. The molecular weight excluding hydrogens is 358 g/mol. The Morgan fingerprint density at radius 1 is 1.37 bits per heavy atom. The number of carboxylic acid groups (broad SMARTS) is 1. The first kappa shape index (κ1) is 19.6. The SMILES string of the molecule is COc1ccccc1C(=CCCN1CCC[C@H]1CC(=O)O)c1sccc1C. The molecule has 0 radical (unpaired) electrons. The Bertz CT molecular complexity index is 811. The molecule has 5 heteroatoms. The van der Waals surface area contributed by atoms with Crippen LogP contribution in [0.5, 0.6) is 5.75 Å². The second kappa shape index (κ2) is 9.20. The summed E-state index contributed by atoms with van der Waals surface area (Å²) < 4.78 is 5.59. The van der Waals surface area contributed by atoms with E-state index < -0.39 is 5.97 Å². The monoisotopic (exact) mass is 385 g/mol. The summed E-state index contributed by atoms with van der Waals surface area (Å²) in [6, 6.07) is 10.4. The van der Waals surface area contributed by atoms with Gasteiger partial charge in [-0.15, -0.1) is 11.3 Å². The van der Waals surface area contributed by atoms with E-state index in [1.54, 1.807) is 18.4 Å². The van der Waals surface area contributed by atoms with Gasteiger partial charge >= 0.3 is 5.97 Å². The number of methoxy groups -OCH3 is 1. The van der Waals surface area contributed by atoms with E-state index in [0.29, 0.717) is 0 Å². The van der Waals surface area contributed by atoms with E-state index in [4.69, 9.17) is 9.84 Å². The zero-order chi connectivity index (χ0) is 19.2. The van der Waals surface area contributed by atoms with Crippen molar-refractivity contribution in [1.29, 1.82) is 0 Å². The molecular formula is C22H27NO3S. The van der Waals surface area contributed by atoms with Crippen LogP contribution in [0.25, 0.3) is 5.57 Å². The first-order chi connectivity index (χ1) is 13.1. The maximum atomic E-state index is 11.1. The molecule has 27 heavy (non-hydrogen) atoms. The number of thiophene rings is 1. The minimum Gasteiger partial charge on any atom is -0.496 e. The Labute approximate surface area is 165 Å². The molecule has 4 nitrogen and oxygen atoms in total. The maximum absolute atomic E-state index is 11.1. The van der Waals surface area contributed by atoms with Crippen molar-refractivity contribution >= 4 is 22.9 Å². The van der Waals surface area contributed by atoms with Crippen LogP contribution in [0.2, 0.25) is 0 Å².